The normalized spacial score (nSPS) is 11.5. The van der Waals surface area contributed by atoms with Gasteiger partial charge in [0.1, 0.15) is 0 Å². The molecule has 2 rings (SSSR count). The molecule has 0 fully saturated rings. The molecule has 0 aliphatic carbocycles. The smallest absolute Gasteiger partial charge is 0.319 e. The van der Waals surface area contributed by atoms with Crippen molar-refractivity contribution < 1.29 is 9.59 Å². The van der Waals surface area contributed by atoms with E-state index in [-0.39, 0.29) is 18.0 Å². The summed E-state index contributed by atoms with van der Waals surface area (Å²) in [5.41, 5.74) is 3.79. The Morgan fingerprint density at radius 3 is 2.31 bits per heavy atom. The van der Waals surface area contributed by atoms with Crippen LogP contribution in [-0.2, 0) is 11.3 Å². The average molecular weight is 397 g/mol. The van der Waals surface area contributed by atoms with Crippen LogP contribution in [0.5, 0.6) is 0 Å². The molecule has 29 heavy (non-hydrogen) atoms. The number of hydrogen-bond donors (Lipinski definition) is 2. The minimum atomic E-state index is -0.241. The first kappa shape index (κ1) is 22.3. The van der Waals surface area contributed by atoms with E-state index in [1.807, 2.05) is 86.3 Å². The fraction of sp³-hybridized carbons (Fsp3) is 0.391. The van der Waals surface area contributed by atoms with Gasteiger partial charge in [0.15, 0.2) is 0 Å². The van der Waals surface area contributed by atoms with E-state index in [9.17, 15) is 9.59 Å². The highest BCUT2D eigenvalue weighted by Crippen LogP contribution is 2.29. The fourth-order valence-electron chi connectivity index (χ4n) is 3.30. The molecule has 0 saturated heterocycles. The van der Waals surface area contributed by atoms with Crippen molar-refractivity contribution in [1.82, 2.24) is 10.2 Å². The Morgan fingerprint density at radius 1 is 1.03 bits per heavy atom. The van der Waals surface area contributed by atoms with Gasteiger partial charge in [0.05, 0.1) is 6.04 Å². The SMILES string of the molecule is CCNC(=O)Nc1ccc(N(C)C)c(CN(C(=O)CC)[C@H](C)c2ccccc2)c1. The molecule has 3 amide bonds. The monoisotopic (exact) mass is 396 g/mol. The van der Waals surface area contributed by atoms with Crippen molar-refractivity contribution in [3.8, 4) is 0 Å². The van der Waals surface area contributed by atoms with Gasteiger partial charge in [-0.2, -0.15) is 0 Å². The minimum absolute atomic E-state index is 0.0568. The van der Waals surface area contributed by atoms with Gasteiger partial charge in [0, 0.05) is 45.0 Å². The van der Waals surface area contributed by atoms with Crippen LogP contribution in [0.25, 0.3) is 0 Å². The highest BCUT2D eigenvalue weighted by molar-refractivity contribution is 5.89. The summed E-state index contributed by atoms with van der Waals surface area (Å²) in [7, 11) is 3.95. The maximum Gasteiger partial charge on any atom is 0.319 e. The van der Waals surface area contributed by atoms with Gasteiger partial charge in [-0.15, -0.1) is 0 Å². The molecule has 156 valence electrons. The lowest BCUT2D eigenvalue weighted by Gasteiger charge is -2.31. The summed E-state index contributed by atoms with van der Waals surface area (Å²) in [5.74, 6) is 0.0909. The van der Waals surface area contributed by atoms with Crippen molar-refractivity contribution in [2.24, 2.45) is 0 Å². The molecule has 1 atom stereocenters. The molecule has 0 aromatic heterocycles. The van der Waals surface area contributed by atoms with Crippen molar-refractivity contribution in [2.45, 2.75) is 39.8 Å². The first-order valence-corrected chi connectivity index (χ1v) is 10.1. The van der Waals surface area contributed by atoms with E-state index in [1.165, 1.54) is 0 Å². The van der Waals surface area contributed by atoms with Crippen LogP contribution < -0.4 is 15.5 Å². The summed E-state index contributed by atoms with van der Waals surface area (Å²) < 4.78 is 0. The lowest BCUT2D eigenvalue weighted by molar-refractivity contribution is -0.133. The first-order chi connectivity index (χ1) is 13.9. The Hall–Kier alpha value is -3.02. The quantitative estimate of drug-likeness (QED) is 0.695. The largest absolute Gasteiger partial charge is 0.377 e. The van der Waals surface area contributed by atoms with Crippen LogP contribution in [0, 0.1) is 0 Å². The van der Waals surface area contributed by atoms with Crippen LogP contribution in [0.4, 0.5) is 16.2 Å². The molecule has 2 aromatic carbocycles. The van der Waals surface area contributed by atoms with Crippen LogP contribution in [0.3, 0.4) is 0 Å². The Kier molecular flexibility index (Phi) is 8.07. The molecular weight excluding hydrogens is 364 g/mol. The van der Waals surface area contributed by atoms with E-state index in [0.29, 0.717) is 25.2 Å². The van der Waals surface area contributed by atoms with Gasteiger partial charge < -0.3 is 20.4 Å². The molecule has 0 aliphatic rings. The van der Waals surface area contributed by atoms with Gasteiger partial charge in [-0.3, -0.25) is 4.79 Å². The van der Waals surface area contributed by atoms with Crippen molar-refractivity contribution in [2.75, 3.05) is 30.9 Å². The summed E-state index contributed by atoms with van der Waals surface area (Å²) in [5, 5.41) is 5.59. The van der Waals surface area contributed by atoms with Gasteiger partial charge in [-0.25, -0.2) is 4.79 Å². The van der Waals surface area contributed by atoms with Gasteiger partial charge in [0.2, 0.25) is 5.91 Å². The summed E-state index contributed by atoms with van der Waals surface area (Å²) >= 11 is 0. The molecule has 0 bridgehead atoms. The van der Waals surface area contributed by atoms with E-state index < -0.39 is 0 Å². The standard InChI is InChI=1S/C23H32N4O2/c1-6-22(28)27(17(3)18-11-9-8-10-12-18)16-19-15-20(25-23(29)24-7-2)13-14-21(19)26(4)5/h8-15,17H,6-7,16H2,1-5H3,(H2,24,25,29)/t17-/m1/s1. The van der Waals surface area contributed by atoms with E-state index in [1.54, 1.807) is 0 Å². The van der Waals surface area contributed by atoms with Gasteiger partial charge in [-0.1, -0.05) is 37.3 Å². The predicted octanol–water partition coefficient (Wildman–Crippen LogP) is 4.39. The zero-order valence-electron chi connectivity index (χ0n) is 18.0. The number of hydrogen-bond acceptors (Lipinski definition) is 3. The van der Waals surface area contributed by atoms with Crippen molar-refractivity contribution >= 4 is 23.3 Å². The Labute approximate surface area is 173 Å². The second-order valence-electron chi connectivity index (χ2n) is 7.18. The van der Waals surface area contributed by atoms with E-state index in [0.717, 1.165) is 16.8 Å². The molecule has 0 aliphatic heterocycles. The Bertz CT molecular complexity index is 821. The van der Waals surface area contributed by atoms with Crippen LogP contribution >= 0.6 is 0 Å². The number of benzene rings is 2. The second kappa shape index (κ2) is 10.5. The van der Waals surface area contributed by atoms with Gasteiger partial charge >= 0.3 is 6.03 Å². The zero-order chi connectivity index (χ0) is 21.4. The second-order valence-corrected chi connectivity index (χ2v) is 7.18. The predicted molar refractivity (Wildman–Crippen MR) is 119 cm³/mol. The topological polar surface area (TPSA) is 64.7 Å². The summed E-state index contributed by atoms with van der Waals surface area (Å²) in [4.78, 5) is 28.6. The molecule has 2 N–H and O–H groups in total. The molecule has 0 heterocycles. The van der Waals surface area contributed by atoms with E-state index >= 15 is 0 Å². The summed E-state index contributed by atoms with van der Waals surface area (Å²) in [6, 6.07) is 15.5. The van der Waals surface area contributed by atoms with Gasteiger partial charge in [-0.05, 0) is 43.2 Å². The molecule has 6 heteroatoms. The lowest BCUT2D eigenvalue weighted by Crippen LogP contribution is -2.33. The van der Waals surface area contributed by atoms with Crippen molar-refractivity contribution in [1.29, 1.82) is 0 Å². The van der Waals surface area contributed by atoms with Crippen LogP contribution in [-0.4, -0.2) is 37.5 Å². The number of rotatable bonds is 8. The van der Waals surface area contributed by atoms with Crippen molar-refractivity contribution in [3.63, 3.8) is 0 Å². The van der Waals surface area contributed by atoms with E-state index in [4.69, 9.17) is 0 Å². The minimum Gasteiger partial charge on any atom is -0.377 e. The van der Waals surface area contributed by atoms with Gasteiger partial charge in [0.25, 0.3) is 0 Å². The Morgan fingerprint density at radius 2 is 1.72 bits per heavy atom. The molecule has 0 spiro atoms. The first-order valence-electron chi connectivity index (χ1n) is 10.1. The maximum atomic E-state index is 12.8. The average Bonchev–Trinajstić information content (AvgIpc) is 2.71. The maximum absolute atomic E-state index is 12.8. The Balaban J connectivity index is 2.37. The van der Waals surface area contributed by atoms with Crippen LogP contribution in [0.1, 0.15) is 44.4 Å². The number of nitrogens with one attached hydrogen (secondary N) is 2. The highest BCUT2D eigenvalue weighted by atomic mass is 16.2. The van der Waals surface area contributed by atoms with E-state index in [2.05, 4.69) is 17.6 Å². The molecule has 0 unspecified atom stereocenters. The number of carbonyl (C=O) groups excluding carboxylic acids is 2. The number of anilines is 2. The highest BCUT2D eigenvalue weighted by Gasteiger charge is 2.22. The molecule has 0 radical (unpaired) electrons. The third kappa shape index (κ3) is 5.98. The molecule has 0 saturated carbocycles. The number of amides is 3. The van der Waals surface area contributed by atoms with Crippen LogP contribution in [0.15, 0.2) is 48.5 Å². The third-order valence-corrected chi connectivity index (χ3v) is 4.87. The number of nitrogens with zero attached hydrogens (tertiary/aromatic N) is 2. The number of urea groups is 1. The molecular formula is C23H32N4O2. The summed E-state index contributed by atoms with van der Waals surface area (Å²) in [6.45, 7) is 6.82. The van der Waals surface area contributed by atoms with Crippen molar-refractivity contribution in [3.05, 3.63) is 59.7 Å². The zero-order valence-corrected chi connectivity index (χ0v) is 18.0. The lowest BCUT2D eigenvalue weighted by atomic mass is 10.0. The molecule has 2 aromatic rings. The molecule has 6 nitrogen and oxygen atoms in total. The fourth-order valence-corrected chi connectivity index (χ4v) is 3.30. The number of carbonyl (C=O) groups is 2. The third-order valence-electron chi connectivity index (χ3n) is 4.87. The van der Waals surface area contributed by atoms with Crippen LogP contribution in [0.2, 0.25) is 0 Å². The summed E-state index contributed by atoms with van der Waals surface area (Å²) in [6.07, 6.45) is 0.436.